The van der Waals surface area contributed by atoms with Gasteiger partial charge in [0.05, 0.1) is 46.0 Å². The summed E-state index contributed by atoms with van der Waals surface area (Å²) in [7, 11) is 1.40. The van der Waals surface area contributed by atoms with Gasteiger partial charge in [-0.3, -0.25) is 24.3 Å². The van der Waals surface area contributed by atoms with Crippen LogP contribution in [-0.4, -0.2) is 35.1 Å². The Bertz CT molecular complexity index is 1670. The number of esters is 2. The normalized spacial score (nSPS) is 14.9. The highest BCUT2D eigenvalue weighted by Crippen LogP contribution is 2.36. The van der Waals surface area contributed by atoms with E-state index in [2.05, 4.69) is 4.99 Å². The molecule has 2 heterocycles. The zero-order chi connectivity index (χ0) is 27.6. The molecule has 3 aromatic rings. The third kappa shape index (κ3) is 4.98. The molecule has 0 N–H and O–H groups in total. The van der Waals surface area contributed by atoms with Crippen LogP contribution in [0.25, 0.3) is 6.08 Å². The zero-order valence-electron chi connectivity index (χ0n) is 20.9. The van der Waals surface area contributed by atoms with Crippen LogP contribution in [0.5, 0.6) is 11.5 Å². The van der Waals surface area contributed by atoms with E-state index in [1.807, 2.05) is 0 Å². The number of nitro groups is 1. The Morgan fingerprint density at radius 3 is 2.61 bits per heavy atom. The lowest BCUT2D eigenvalue weighted by atomic mass is 9.95. The average molecular weight is 538 g/mol. The number of carbonyl (C=O) groups is 2. The van der Waals surface area contributed by atoms with Crippen LogP contribution in [0.1, 0.15) is 37.9 Å². The Kier molecular flexibility index (Phi) is 7.53. The van der Waals surface area contributed by atoms with Gasteiger partial charge in [-0.15, -0.1) is 0 Å². The molecule has 0 aliphatic carbocycles. The lowest BCUT2D eigenvalue weighted by Crippen LogP contribution is -2.40. The monoisotopic (exact) mass is 537 g/mol. The quantitative estimate of drug-likeness (QED) is 0.194. The number of rotatable bonds is 7. The number of hydrogen-bond donors (Lipinski definition) is 0. The van der Waals surface area contributed by atoms with Crippen LogP contribution in [0.3, 0.4) is 0 Å². The molecule has 0 spiro atoms. The summed E-state index contributed by atoms with van der Waals surface area (Å²) >= 11 is 1.05. The van der Waals surface area contributed by atoms with Gasteiger partial charge in [0.15, 0.2) is 16.3 Å². The first-order valence-electron chi connectivity index (χ1n) is 11.5. The highest BCUT2D eigenvalue weighted by molar-refractivity contribution is 7.07. The van der Waals surface area contributed by atoms with Gasteiger partial charge >= 0.3 is 11.9 Å². The predicted octanol–water partition coefficient (Wildman–Crippen LogP) is 2.64. The number of methoxy groups -OCH3 is 1. The minimum atomic E-state index is -0.946. The standard InChI is InChI=1S/C26H23N3O8S/c1-5-36-25(32)22-14(2)27-26-28(23(22)17-10-11-19(37-15(3)30)20(12-17)35-4)24(31)21(38-26)13-16-8-6-7-9-18(16)29(33)34/h6-13,23H,5H2,1-4H3/b21-13+. The maximum atomic E-state index is 13.7. The topological polar surface area (TPSA) is 139 Å². The predicted molar refractivity (Wildman–Crippen MR) is 138 cm³/mol. The Hall–Kier alpha value is -4.58. The van der Waals surface area contributed by atoms with E-state index in [0.29, 0.717) is 16.1 Å². The van der Waals surface area contributed by atoms with Gasteiger partial charge in [-0.1, -0.05) is 29.5 Å². The molecule has 196 valence electrons. The molecule has 1 aliphatic heterocycles. The van der Waals surface area contributed by atoms with Crippen molar-refractivity contribution in [2.45, 2.75) is 26.8 Å². The molecule has 1 aromatic heterocycles. The number of hydrogen-bond acceptors (Lipinski definition) is 10. The molecule has 38 heavy (non-hydrogen) atoms. The van der Waals surface area contributed by atoms with Gasteiger partial charge in [-0.25, -0.2) is 9.79 Å². The largest absolute Gasteiger partial charge is 0.493 e. The van der Waals surface area contributed by atoms with Crippen molar-refractivity contribution in [3.63, 3.8) is 0 Å². The van der Waals surface area contributed by atoms with Gasteiger partial charge in [0, 0.05) is 13.0 Å². The number of nitro benzene ring substituents is 1. The van der Waals surface area contributed by atoms with Crippen molar-refractivity contribution < 1.29 is 28.7 Å². The van der Waals surface area contributed by atoms with E-state index in [1.165, 1.54) is 36.8 Å². The van der Waals surface area contributed by atoms with Crippen molar-refractivity contribution in [3.8, 4) is 11.5 Å². The molecule has 0 saturated heterocycles. The molecule has 0 bridgehead atoms. The number of carbonyl (C=O) groups excluding carboxylic acids is 2. The summed E-state index contributed by atoms with van der Waals surface area (Å²) in [4.78, 5) is 54.1. The third-order valence-corrected chi connectivity index (χ3v) is 6.68. The molecule has 12 heteroatoms. The Labute approximate surface area is 220 Å². The zero-order valence-corrected chi connectivity index (χ0v) is 21.7. The van der Waals surface area contributed by atoms with Crippen molar-refractivity contribution in [3.05, 3.63) is 94.7 Å². The number of aromatic nitrogens is 1. The average Bonchev–Trinajstić information content (AvgIpc) is 3.17. The molecule has 2 aromatic carbocycles. The minimum Gasteiger partial charge on any atom is -0.493 e. The van der Waals surface area contributed by atoms with E-state index >= 15 is 0 Å². The number of ether oxygens (including phenoxy) is 3. The van der Waals surface area contributed by atoms with Crippen molar-refractivity contribution in [1.29, 1.82) is 0 Å². The molecule has 1 atom stereocenters. The summed E-state index contributed by atoms with van der Waals surface area (Å²) < 4.78 is 17.4. The van der Waals surface area contributed by atoms with E-state index < -0.39 is 28.5 Å². The molecule has 0 fully saturated rings. The molecular weight excluding hydrogens is 514 g/mol. The van der Waals surface area contributed by atoms with Gasteiger partial charge in [0.2, 0.25) is 0 Å². The SMILES string of the molecule is CCOC(=O)C1=C(C)N=c2s/c(=C/c3ccccc3[N+](=O)[O-])c(=O)n2C1c1ccc(OC(C)=O)c(OC)c1. The van der Waals surface area contributed by atoms with Gasteiger partial charge in [-0.05, 0) is 43.7 Å². The maximum Gasteiger partial charge on any atom is 0.338 e. The van der Waals surface area contributed by atoms with Crippen LogP contribution in [0.15, 0.2) is 63.5 Å². The Morgan fingerprint density at radius 2 is 1.95 bits per heavy atom. The van der Waals surface area contributed by atoms with Crippen LogP contribution in [0.2, 0.25) is 0 Å². The maximum absolute atomic E-state index is 13.7. The third-order valence-electron chi connectivity index (χ3n) is 5.69. The lowest BCUT2D eigenvalue weighted by Gasteiger charge is -2.25. The molecule has 0 radical (unpaired) electrons. The van der Waals surface area contributed by atoms with E-state index in [4.69, 9.17) is 14.2 Å². The van der Waals surface area contributed by atoms with E-state index in [-0.39, 0.29) is 39.5 Å². The van der Waals surface area contributed by atoms with Crippen LogP contribution in [0, 0.1) is 10.1 Å². The molecule has 11 nitrogen and oxygen atoms in total. The summed E-state index contributed by atoms with van der Waals surface area (Å²) in [5.74, 6) is -0.791. The summed E-state index contributed by atoms with van der Waals surface area (Å²) in [5.41, 5.74) is 0.605. The summed E-state index contributed by atoms with van der Waals surface area (Å²) in [6.07, 6.45) is 1.44. The first kappa shape index (κ1) is 26.5. The van der Waals surface area contributed by atoms with Crippen molar-refractivity contribution in [1.82, 2.24) is 4.57 Å². The van der Waals surface area contributed by atoms with Crippen LogP contribution in [0.4, 0.5) is 5.69 Å². The second-order valence-corrected chi connectivity index (χ2v) is 9.13. The first-order valence-corrected chi connectivity index (χ1v) is 12.3. The number of thiazole rings is 1. The fourth-order valence-corrected chi connectivity index (χ4v) is 5.15. The second-order valence-electron chi connectivity index (χ2n) is 8.12. The fourth-order valence-electron chi connectivity index (χ4n) is 4.12. The van der Waals surface area contributed by atoms with E-state index in [9.17, 15) is 24.5 Å². The fraction of sp³-hybridized carbons (Fsp3) is 0.231. The lowest BCUT2D eigenvalue weighted by molar-refractivity contribution is -0.385. The van der Waals surface area contributed by atoms with Crippen LogP contribution in [-0.2, 0) is 14.3 Å². The second kappa shape index (κ2) is 10.8. The smallest absolute Gasteiger partial charge is 0.338 e. The van der Waals surface area contributed by atoms with Crippen molar-refractivity contribution >= 4 is 35.0 Å². The van der Waals surface area contributed by atoms with Gasteiger partial charge in [0.1, 0.15) is 0 Å². The molecule has 4 rings (SSSR count). The Balaban J connectivity index is 1.98. The van der Waals surface area contributed by atoms with E-state index in [0.717, 1.165) is 11.3 Å². The number of fused-ring (bicyclic) bond motifs is 1. The summed E-state index contributed by atoms with van der Waals surface area (Å²) in [6, 6.07) is 9.82. The van der Waals surface area contributed by atoms with Crippen molar-refractivity contribution in [2.75, 3.05) is 13.7 Å². The molecule has 0 saturated carbocycles. The van der Waals surface area contributed by atoms with Crippen molar-refractivity contribution in [2.24, 2.45) is 4.99 Å². The van der Waals surface area contributed by atoms with Gasteiger partial charge < -0.3 is 14.2 Å². The van der Waals surface area contributed by atoms with Gasteiger partial charge in [-0.2, -0.15) is 0 Å². The summed E-state index contributed by atoms with van der Waals surface area (Å²) in [6.45, 7) is 4.68. The molecule has 1 unspecified atom stereocenters. The highest BCUT2D eigenvalue weighted by Gasteiger charge is 2.34. The van der Waals surface area contributed by atoms with Crippen LogP contribution >= 0.6 is 11.3 Å². The Morgan fingerprint density at radius 1 is 1.21 bits per heavy atom. The number of nitrogens with zero attached hydrogens (tertiary/aromatic N) is 3. The minimum absolute atomic E-state index is 0.110. The number of para-hydroxylation sites is 1. The summed E-state index contributed by atoms with van der Waals surface area (Å²) in [5, 5.41) is 11.5. The number of benzene rings is 2. The molecular formula is C26H23N3O8S. The number of allylic oxidation sites excluding steroid dienone is 1. The molecule has 1 aliphatic rings. The molecule has 0 amide bonds. The van der Waals surface area contributed by atoms with Gasteiger partial charge in [0.25, 0.3) is 11.2 Å². The van der Waals surface area contributed by atoms with Crippen LogP contribution < -0.4 is 24.4 Å². The highest BCUT2D eigenvalue weighted by atomic mass is 32.1. The van der Waals surface area contributed by atoms with E-state index in [1.54, 1.807) is 44.2 Å². The first-order chi connectivity index (χ1) is 18.2.